The van der Waals surface area contributed by atoms with Crippen LogP contribution in [0.15, 0.2) is 66.0 Å². The molecule has 2 atom stereocenters. The molecule has 0 bridgehead atoms. The van der Waals surface area contributed by atoms with E-state index in [4.69, 9.17) is 4.74 Å². The second kappa shape index (κ2) is 9.91. The molecule has 4 aromatic rings. The van der Waals surface area contributed by atoms with Crippen molar-refractivity contribution in [3.63, 3.8) is 0 Å². The third kappa shape index (κ3) is 4.79. The number of anilines is 2. The van der Waals surface area contributed by atoms with Crippen LogP contribution >= 0.6 is 0 Å². The molecular formula is C26H27FN6O3S. The van der Waals surface area contributed by atoms with E-state index in [-0.39, 0.29) is 23.7 Å². The zero-order chi connectivity index (χ0) is 26.2. The average molecular weight is 523 g/mol. The molecule has 0 radical (unpaired) electrons. The summed E-state index contributed by atoms with van der Waals surface area (Å²) in [5, 5.41) is 4.31. The van der Waals surface area contributed by atoms with Gasteiger partial charge in [0.25, 0.3) is 10.0 Å². The molecule has 0 spiro atoms. The number of benzene rings is 2. The maximum absolute atomic E-state index is 14.2. The summed E-state index contributed by atoms with van der Waals surface area (Å²) < 4.78 is 47.8. The number of ether oxygens (including phenoxy) is 1. The number of methoxy groups -OCH3 is 1. The predicted octanol–water partition coefficient (Wildman–Crippen LogP) is 3.83. The molecule has 2 N–H and O–H groups in total. The molecule has 0 unspecified atom stereocenters. The molecule has 1 fully saturated rings. The van der Waals surface area contributed by atoms with Crippen molar-refractivity contribution in [3.05, 3.63) is 66.9 Å². The number of piperazine rings is 1. The minimum absolute atomic E-state index is 0.0666. The third-order valence-electron chi connectivity index (χ3n) is 6.44. The van der Waals surface area contributed by atoms with Crippen LogP contribution in [0.4, 0.5) is 15.9 Å². The summed E-state index contributed by atoms with van der Waals surface area (Å²) >= 11 is 0. The summed E-state index contributed by atoms with van der Waals surface area (Å²) in [6.07, 6.45) is 3.17. The van der Waals surface area contributed by atoms with Gasteiger partial charge in [-0.1, -0.05) is 18.2 Å². The highest BCUT2D eigenvalue weighted by molar-refractivity contribution is 7.92. The quantitative estimate of drug-likeness (QED) is 0.393. The minimum Gasteiger partial charge on any atom is -0.480 e. The van der Waals surface area contributed by atoms with Crippen molar-refractivity contribution in [1.82, 2.24) is 20.3 Å². The van der Waals surface area contributed by atoms with E-state index in [1.807, 2.05) is 18.2 Å². The van der Waals surface area contributed by atoms with Gasteiger partial charge in [-0.2, -0.15) is 0 Å². The first-order valence-corrected chi connectivity index (χ1v) is 13.3. The SMILES string of the molecule is COc1ncc(-c2ccc3ncnc(N4[C@H](C)CNC[C@@H]4C)c3c2)cc1NS(=O)(=O)c1ccccc1F. The van der Waals surface area contributed by atoms with Gasteiger partial charge < -0.3 is 15.0 Å². The summed E-state index contributed by atoms with van der Waals surface area (Å²) in [5.41, 5.74) is 2.33. The standard InChI is InChI=1S/C26H27FN6O3S/c1-16-12-28-13-17(2)33(16)25-20-10-18(8-9-22(20)30-15-31-25)19-11-23(26(36-3)29-14-19)32-37(34,35)24-7-5-4-6-21(24)27/h4-11,14-17,28,32H,12-13H2,1-3H3/t16-,17+. The molecule has 11 heteroatoms. The van der Waals surface area contributed by atoms with Crippen molar-refractivity contribution < 1.29 is 17.5 Å². The molecule has 2 aromatic heterocycles. The number of nitrogens with one attached hydrogen (secondary N) is 2. The van der Waals surface area contributed by atoms with Crippen molar-refractivity contribution in [3.8, 4) is 17.0 Å². The van der Waals surface area contributed by atoms with Crippen molar-refractivity contribution in [1.29, 1.82) is 0 Å². The first kappa shape index (κ1) is 24.8. The van der Waals surface area contributed by atoms with E-state index in [9.17, 15) is 12.8 Å². The van der Waals surface area contributed by atoms with Gasteiger partial charge in [0.2, 0.25) is 5.88 Å². The van der Waals surface area contributed by atoms with Gasteiger partial charge in [-0.3, -0.25) is 4.72 Å². The van der Waals surface area contributed by atoms with E-state index in [2.05, 4.69) is 43.7 Å². The summed E-state index contributed by atoms with van der Waals surface area (Å²) in [6, 6.07) is 13.0. The first-order chi connectivity index (χ1) is 17.8. The van der Waals surface area contributed by atoms with Gasteiger partial charge in [-0.15, -0.1) is 0 Å². The van der Waals surface area contributed by atoms with Gasteiger partial charge in [0.1, 0.15) is 28.5 Å². The number of hydrogen-bond acceptors (Lipinski definition) is 8. The monoisotopic (exact) mass is 522 g/mol. The molecular weight excluding hydrogens is 495 g/mol. The third-order valence-corrected chi connectivity index (χ3v) is 7.84. The van der Waals surface area contributed by atoms with Crippen LogP contribution in [0.1, 0.15) is 13.8 Å². The smallest absolute Gasteiger partial charge is 0.264 e. The Labute approximate surface area is 214 Å². The fourth-order valence-electron chi connectivity index (χ4n) is 4.69. The van der Waals surface area contributed by atoms with E-state index >= 15 is 0 Å². The van der Waals surface area contributed by atoms with E-state index in [1.54, 1.807) is 18.6 Å². The Morgan fingerprint density at radius 3 is 2.51 bits per heavy atom. The highest BCUT2D eigenvalue weighted by Gasteiger charge is 2.27. The number of rotatable bonds is 6. The molecule has 1 aliphatic rings. The maximum atomic E-state index is 14.2. The van der Waals surface area contributed by atoms with Crippen molar-refractivity contribution >= 4 is 32.4 Å². The Kier molecular flexibility index (Phi) is 6.65. The number of fused-ring (bicyclic) bond motifs is 1. The molecule has 0 aliphatic carbocycles. The van der Waals surface area contributed by atoms with Gasteiger partial charge in [-0.05, 0) is 49.7 Å². The minimum atomic E-state index is -4.22. The lowest BCUT2D eigenvalue weighted by molar-refractivity contribution is 0.400. The van der Waals surface area contributed by atoms with Crippen LogP contribution in [0.25, 0.3) is 22.0 Å². The summed E-state index contributed by atoms with van der Waals surface area (Å²) in [4.78, 5) is 15.2. The van der Waals surface area contributed by atoms with Crippen LogP contribution < -0.4 is 19.7 Å². The normalized spacial score (nSPS) is 18.1. The zero-order valence-electron chi connectivity index (χ0n) is 20.6. The highest BCUT2D eigenvalue weighted by Crippen LogP contribution is 2.34. The second-order valence-electron chi connectivity index (χ2n) is 9.01. The second-order valence-corrected chi connectivity index (χ2v) is 10.7. The maximum Gasteiger partial charge on any atom is 0.264 e. The van der Waals surface area contributed by atoms with E-state index in [1.165, 1.54) is 25.3 Å². The average Bonchev–Trinajstić information content (AvgIpc) is 2.88. The molecule has 0 amide bonds. The van der Waals surface area contributed by atoms with Crippen LogP contribution in [-0.4, -0.2) is 55.7 Å². The van der Waals surface area contributed by atoms with Crippen molar-refractivity contribution in [2.75, 3.05) is 29.8 Å². The van der Waals surface area contributed by atoms with Gasteiger partial charge in [0.05, 0.1) is 12.6 Å². The first-order valence-electron chi connectivity index (χ1n) is 11.8. The lowest BCUT2D eigenvalue weighted by Crippen LogP contribution is -2.55. The van der Waals surface area contributed by atoms with Crippen LogP contribution in [-0.2, 0) is 10.0 Å². The molecule has 192 valence electrons. The van der Waals surface area contributed by atoms with Gasteiger partial charge in [-0.25, -0.2) is 27.8 Å². The van der Waals surface area contributed by atoms with Crippen LogP contribution in [0.3, 0.4) is 0 Å². The van der Waals surface area contributed by atoms with Gasteiger partial charge in [0.15, 0.2) is 0 Å². The van der Waals surface area contributed by atoms with Gasteiger partial charge in [0, 0.05) is 42.3 Å². The Balaban J connectivity index is 1.57. The fourth-order valence-corrected chi connectivity index (χ4v) is 5.81. The molecule has 37 heavy (non-hydrogen) atoms. The Hall–Kier alpha value is -3.83. The largest absolute Gasteiger partial charge is 0.480 e. The molecule has 1 saturated heterocycles. The van der Waals surface area contributed by atoms with E-state index in [0.717, 1.165) is 41.4 Å². The Morgan fingerprint density at radius 1 is 1.03 bits per heavy atom. The number of sulfonamides is 1. The van der Waals surface area contributed by atoms with Gasteiger partial charge >= 0.3 is 0 Å². The summed E-state index contributed by atoms with van der Waals surface area (Å²) in [5.74, 6) is 0.0590. The predicted molar refractivity (Wildman–Crippen MR) is 141 cm³/mol. The number of pyridine rings is 1. The molecule has 2 aromatic carbocycles. The fraction of sp³-hybridized carbons (Fsp3) is 0.269. The zero-order valence-corrected chi connectivity index (χ0v) is 21.5. The van der Waals surface area contributed by atoms with Crippen LogP contribution in [0.5, 0.6) is 5.88 Å². The van der Waals surface area contributed by atoms with E-state index < -0.39 is 20.7 Å². The number of nitrogens with zero attached hydrogens (tertiary/aromatic N) is 4. The molecule has 3 heterocycles. The molecule has 1 aliphatic heterocycles. The lowest BCUT2D eigenvalue weighted by Gasteiger charge is -2.40. The Morgan fingerprint density at radius 2 is 1.78 bits per heavy atom. The lowest BCUT2D eigenvalue weighted by atomic mass is 10.0. The number of halogens is 1. The topological polar surface area (TPSA) is 109 Å². The van der Waals surface area contributed by atoms with Crippen molar-refractivity contribution in [2.45, 2.75) is 30.8 Å². The molecule has 5 rings (SSSR count). The Bertz CT molecular complexity index is 1560. The molecule has 0 saturated carbocycles. The van der Waals surface area contributed by atoms with Crippen LogP contribution in [0, 0.1) is 5.82 Å². The summed E-state index contributed by atoms with van der Waals surface area (Å²) in [7, 11) is -2.83. The van der Waals surface area contributed by atoms with Crippen molar-refractivity contribution in [2.24, 2.45) is 0 Å². The number of hydrogen-bond donors (Lipinski definition) is 2. The van der Waals surface area contributed by atoms with Crippen LogP contribution in [0.2, 0.25) is 0 Å². The number of aromatic nitrogens is 3. The molecule has 9 nitrogen and oxygen atoms in total. The summed E-state index contributed by atoms with van der Waals surface area (Å²) in [6.45, 7) is 6.01. The highest BCUT2D eigenvalue weighted by atomic mass is 32.2. The van der Waals surface area contributed by atoms with E-state index in [0.29, 0.717) is 5.56 Å².